The molecule has 0 bridgehead atoms. The standard InChI is InChI=1S/C48H26O/c1-2-13-41-39(11-1)47-40(35-23-19-32-17-15-28-7-4-9-30-21-25-38(35)45(32)43(28)30)26-33-10-5-12-36(46(33)48(47)49-41)34-22-18-31-16-14-27-6-3-8-29-20-24-37(34)44(31)42(27)29/h1-26H. The normalized spacial score (nSPS) is 12.5. The fraction of sp³-hybridized carbons (Fsp3) is 0. The molecule has 11 aromatic carbocycles. The molecule has 49 heavy (non-hydrogen) atoms. The number of para-hydroxylation sites is 1. The number of benzene rings is 11. The Labute approximate surface area is 280 Å². The van der Waals surface area contributed by atoms with E-state index in [1.54, 1.807) is 0 Å². The summed E-state index contributed by atoms with van der Waals surface area (Å²) in [4.78, 5) is 0. The molecule has 0 fully saturated rings. The number of hydrogen-bond donors (Lipinski definition) is 0. The van der Waals surface area contributed by atoms with E-state index in [1.807, 2.05) is 0 Å². The average Bonchev–Trinajstić information content (AvgIpc) is 3.55. The Morgan fingerprint density at radius 2 is 0.755 bits per heavy atom. The Morgan fingerprint density at radius 1 is 0.265 bits per heavy atom. The highest BCUT2D eigenvalue weighted by Crippen LogP contribution is 2.48. The molecule has 0 aliphatic carbocycles. The van der Waals surface area contributed by atoms with E-state index in [4.69, 9.17) is 4.42 Å². The first-order valence-electron chi connectivity index (χ1n) is 17.0. The van der Waals surface area contributed by atoms with Crippen LogP contribution in [0.4, 0.5) is 0 Å². The van der Waals surface area contributed by atoms with Gasteiger partial charge in [0.15, 0.2) is 0 Å². The quantitative estimate of drug-likeness (QED) is 0.176. The second kappa shape index (κ2) is 9.13. The molecule has 12 aromatic rings. The molecule has 0 aliphatic rings. The van der Waals surface area contributed by atoms with Crippen LogP contribution in [0.2, 0.25) is 0 Å². The Kier molecular flexibility index (Phi) is 4.77. The minimum absolute atomic E-state index is 0.911. The van der Waals surface area contributed by atoms with Gasteiger partial charge in [-0.15, -0.1) is 0 Å². The molecule has 0 saturated heterocycles. The Bertz CT molecular complexity index is 3290. The van der Waals surface area contributed by atoms with Crippen molar-refractivity contribution in [3.8, 4) is 22.3 Å². The minimum atomic E-state index is 0.911. The monoisotopic (exact) mass is 618 g/mol. The van der Waals surface area contributed by atoms with E-state index in [9.17, 15) is 0 Å². The van der Waals surface area contributed by atoms with Gasteiger partial charge in [-0.05, 0) is 104 Å². The Hall–Kier alpha value is -6.44. The molecule has 0 aliphatic heterocycles. The number of hydrogen-bond acceptors (Lipinski definition) is 1. The van der Waals surface area contributed by atoms with E-state index in [2.05, 4.69) is 158 Å². The molecular formula is C48H26O. The van der Waals surface area contributed by atoms with Crippen molar-refractivity contribution >= 4 is 97.3 Å². The van der Waals surface area contributed by atoms with Crippen molar-refractivity contribution in [3.05, 3.63) is 158 Å². The predicted molar refractivity (Wildman–Crippen MR) is 210 cm³/mol. The molecule has 1 heterocycles. The van der Waals surface area contributed by atoms with E-state index in [0.717, 1.165) is 21.9 Å². The van der Waals surface area contributed by atoms with Crippen LogP contribution >= 0.6 is 0 Å². The van der Waals surface area contributed by atoms with Crippen molar-refractivity contribution in [2.75, 3.05) is 0 Å². The average molecular weight is 619 g/mol. The van der Waals surface area contributed by atoms with Crippen LogP contribution < -0.4 is 0 Å². The summed E-state index contributed by atoms with van der Waals surface area (Å²) in [6.45, 7) is 0. The van der Waals surface area contributed by atoms with Crippen molar-refractivity contribution in [1.29, 1.82) is 0 Å². The lowest BCUT2D eigenvalue weighted by Gasteiger charge is -2.17. The van der Waals surface area contributed by atoms with E-state index >= 15 is 0 Å². The van der Waals surface area contributed by atoms with Crippen molar-refractivity contribution < 1.29 is 4.42 Å². The molecule has 1 heteroatoms. The molecule has 0 saturated carbocycles. The third-order valence-electron chi connectivity index (χ3n) is 11.1. The smallest absolute Gasteiger partial charge is 0.144 e. The van der Waals surface area contributed by atoms with Crippen LogP contribution in [0.3, 0.4) is 0 Å². The lowest BCUT2D eigenvalue weighted by atomic mass is 9.85. The molecule has 1 nitrogen and oxygen atoms in total. The molecule has 0 atom stereocenters. The van der Waals surface area contributed by atoms with Gasteiger partial charge in [-0.1, -0.05) is 146 Å². The maximum atomic E-state index is 6.94. The number of furan rings is 1. The van der Waals surface area contributed by atoms with Crippen molar-refractivity contribution in [2.45, 2.75) is 0 Å². The highest BCUT2D eigenvalue weighted by molar-refractivity contribution is 6.31. The largest absolute Gasteiger partial charge is 0.455 e. The number of fused-ring (bicyclic) bond motifs is 5. The van der Waals surface area contributed by atoms with Gasteiger partial charge < -0.3 is 4.42 Å². The maximum absolute atomic E-state index is 6.94. The fourth-order valence-electron chi connectivity index (χ4n) is 9.04. The molecule has 12 rings (SSSR count). The highest BCUT2D eigenvalue weighted by atomic mass is 16.3. The predicted octanol–water partition coefficient (Wildman–Crippen LogP) is 13.9. The Morgan fingerprint density at radius 3 is 1.39 bits per heavy atom. The summed E-state index contributed by atoms with van der Waals surface area (Å²) in [6.07, 6.45) is 0. The van der Waals surface area contributed by atoms with Gasteiger partial charge in [-0.3, -0.25) is 0 Å². The Balaban J connectivity index is 1.22. The molecule has 1 aromatic heterocycles. The zero-order valence-electron chi connectivity index (χ0n) is 26.4. The van der Waals surface area contributed by atoms with Crippen LogP contribution in [-0.4, -0.2) is 0 Å². The summed E-state index contributed by atoms with van der Waals surface area (Å²) in [6, 6.07) is 58.3. The van der Waals surface area contributed by atoms with E-state index < -0.39 is 0 Å². The second-order valence-corrected chi connectivity index (χ2v) is 13.6. The summed E-state index contributed by atoms with van der Waals surface area (Å²) < 4.78 is 6.94. The van der Waals surface area contributed by atoms with E-state index in [1.165, 1.54) is 97.7 Å². The lowest BCUT2D eigenvalue weighted by Crippen LogP contribution is -1.90. The first kappa shape index (κ1) is 25.6. The van der Waals surface area contributed by atoms with Crippen LogP contribution in [-0.2, 0) is 0 Å². The molecular weight excluding hydrogens is 593 g/mol. The molecule has 0 unspecified atom stereocenters. The summed E-state index contributed by atoms with van der Waals surface area (Å²) in [7, 11) is 0. The fourth-order valence-corrected chi connectivity index (χ4v) is 9.04. The second-order valence-electron chi connectivity index (χ2n) is 13.6. The molecule has 0 radical (unpaired) electrons. The van der Waals surface area contributed by atoms with Gasteiger partial charge in [-0.25, -0.2) is 0 Å². The maximum Gasteiger partial charge on any atom is 0.144 e. The summed E-state index contributed by atoms with van der Waals surface area (Å²) in [5.41, 5.74) is 6.72. The highest BCUT2D eigenvalue weighted by Gasteiger charge is 2.22. The van der Waals surface area contributed by atoms with Gasteiger partial charge in [0.1, 0.15) is 11.2 Å². The molecule has 0 amide bonds. The van der Waals surface area contributed by atoms with Crippen molar-refractivity contribution in [1.82, 2.24) is 0 Å². The van der Waals surface area contributed by atoms with Gasteiger partial charge in [0.05, 0.1) is 0 Å². The number of rotatable bonds is 2. The van der Waals surface area contributed by atoms with Crippen LogP contribution in [0.25, 0.3) is 120 Å². The van der Waals surface area contributed by atoms with Gasteiger partial charge >= 0.3 is 0 Å². The van der Waals surface area contributed by atoms with E-state index in [-0.39, 0.29) is 0 Å². The van der Waals surface area contributed by atoms with Crippen molar-refractivity contribution in [2.24, 2.45) is 0 Å². The summed E-state index contributed by atoms with van der Waals surface area (Å²) in [5, 5.41) is 20.2. The van der Waals surface area contributed by atoms with Gasteiger partial charge in [0, 0.05) is 16.2 Å². The summed E-state index contributed by atoms with van der Waals surface area (Å²) >= 11 is 0. The van der Waals surface area contributed by atoms with E-state index in [0.29, 0.717) is 0 Å². The van der Waals surface area contributed by atoms with Gasteiger partial charge in [0.2, 0.25) is 0 Å². The lowest BCUT2D eigenvalue weighted by molar-refractivity contribution is 0.673. The first-order valence-corrected chi connectivity index (χ1v) is 17.0. The zero-order valence-corrected chi connectivity index (χ0v) is 26.4. The third-order valence-corrected chi connectivity index (χ3v) is 11.1. The summed E-state index contributed by atoms with van der Waals surface area (Å²) in [5.74, 6) is 0. The van der Waals surface area contributed by atoms with Crippen LogP contribution in [0, 0.1) is 0 Å². The minimum Gasteiger partial charge on any atom is -0.455 e. The molecule has 0 spiro atoms. The third kappa shape index (κ3) is 3.29. The van der Waals surface area contributed by atoms with Crippen LogP contribution in [0.5, 0.6) is 0 Å². The SMILES string of the molecule is c1cc(-c2ccc3ccc4cccc5ccc2c3c45)c2c(c1)cc(-c1ccc3ccc4cccc5ccc1c3c45)c1c3ccccc3oc21. The van der Waals surface area contributed by atoms with Crippen LogP contribution in [0.15, 0.2) is 162 Å². The molecule has 0 N–H and O–H groups in total. The van der Waals surface area contributed by atoms with Crippen LogP contribution in [0.1, 0.15) is 0 Å². The first-order chi connectivity index (χ1) is 24.3. The topological polar surface area (TPSA) is 13.1 Å². The molecule has 224 valence electrons. The zero-order chi connectivity index (χ0) is 31.8. The van der Waals surface area contributed by atoms with Gasteiger partial charge in [0.25, 0.3) is 0 Å². The van der Waals surface area contributed by atoms with Gasteiger partial charge in [-0.2, -0.15) is 0 Å². The van der Waals surface area contributed by atoms with Crippen molar-refractivity contribution in [3.63, 3.8) is 0 Å².